The van der Waals surface area contributed by atoms with E-state index in [1.165, 1.54) is 0 Å². The fraction of sp³-hybridized carbons (Fsp3) is 0.345. The Kier molecular flexibility index (Phi) is 9.26. The molecule has 14 heteroatoms. The minimum Gasteiger partial charge on any atom is -0.496 e. The molecule has 1 aliphatic heterocycles. The van der Waals surface area contributed by atoms with Crippen LogP contribution in [0.25, 0.3) is 11.0 Å². The average Bonchev–Trinajstić information content (AvgIpc) is 3.29. The zero-order chi connectivity index (χ0) is 30.4. The van der Waals surface area contributed by atoms with E-state index in [-0.39, 0.29) is 12.6 Å². The maximum Gasteiger partial charge on any atom is 0.411 e. The Balaban J connectivity index is 1.40. The standard InChI is InChI=1S/C29H32BrN7O6/c1-3-4-12-31-25-23-22(32-26(33-25)34-27(38)39)24(30)36-37(23)14-19-10-11-20(13-21(19)41-2)29(16-42-17-29)35-28(40)43-15-18-8-6-5-7-9-18/h5-11,13H,3-4,12,14-17H2,1-2H3,(H,35,40)(H,38,39)(H2,31,32,33,34). The Morgan fingerprint density at radius 1 is 1.16 bits per heavy atom. The van der Waals surface area contributed by atoms with E-state index < -0.39 is 17.7 Å². The van der Waals surface area contributed by atoms with Gasteiger partial charge in [0.25, 0.3) is 0 Å². The molecule has 13 nitrogen and oxygen atoms in total. The number of fused-ring (bicyclic) bond motifs is 1. The summed E-state index contributed by atoms with van der Waals surface area (Å²) in [5.74, 6) is 0.998. The van der Waals surface area contributed by atoms with Gasteiger partial charge in [0, 0.05) is 12.1 Å². The first-order valence-electron chi connectivity index (χ1n) is 13.7. The highest BCUT2D eigenvalue weighted by Crippen LogP contribution is 2.35. The molecule has 2 aromatic carbocycles. The van der Waals surface area contributed by atoms with Gasteiger partial charge in [-0.25, -0.2) is 14.6 Å². The van der Waals surface area contributed by atoms with Gasteiger partial charge in [0.1, 0.15) is 28.9 Å². The van der Waals surface area contributed by atoms with Crippen molar-refractivity contribution in [3.8, 4) is 5.75 Å². The maximum absolute atomic E-state index is 12.7. The van der Waals surface area contributed by atoms with Crippen LogP contribution in [0.4, 0.5) is 21.4 Å². The van der Waals surface area contributed by atoms with E-state index in [0.29, 0.717) is 53.5 Å². The van der Waals surface area contributed by atoms with Gasteiger partial charge in [-0.3, -0.25) is 10.00 Å². The molecule has 0 aliphatic carbocycles. The third-order valence-corrected chi connectivity index (χ3v) is 7.53. The van der Waals surface area contributed by atoms with E-state index in [1.807, 2.05) is 48.5 Å². The van der Waals surface area contributed by atoms with E-state index in [9.17, 15) is 14.7 Å². The number of aromatic nitrogens is 4. The zero-order valence-electron chi connectivity index (χ0n) is 23.7. The van der Waals surface area contributed by atoms with Crippen LogP contribution < -0.4 is 20.7 Å². The lowest BCUT2D eigenvalue weighted by Gasteiger charge is -2.42. The second-order valence-corrected chi connectivity index (χ2v) is 10.8. The number of carboxylic acid groups (broad SMARTS) is 1. The predicted molar refractivity (Wildman–Crippen MR) is 162 cm³/mol. The summed E-state index contributed by atoms with van der Waals surface area (Å²) in [5, 5.41) is 22.3. The average molecular weight is 655 g/mol. The molecule has 1 saturated heterocycles. The Morgan fingerprint density at radius 3 is 2.63 bits per heavy atom. The summed E-state index contributed by atoms with van der Waals surface area (Å²) in [5.41, 5.74) is 2.84. The van der Waals surface area contributed by atoms with E-state index in [1.54, 1.807) is 11.8 Å². The molecular formula is C29H32BrN7O6. The number of unbranched alkanes of at least 4 members (excludes halogenated alkanes) is 1. The summed E-state index contributed by atoms with van der Waals surface area (Å²) < 4.78 is 18.9. The monoisotopic (exact) mass is 653 g/mol. The summed E-state index contributed by atoms with van der Waals surface area (Å²) in [7, 11) is 1.58. The molecule has 0 saturated carbocycles. The minimum atomic E-state index is -1.26. The Hall–Kier alpha value is -4.43. The van der Waals surface area contributed by atoms with Gasteiger partial charge in [-0.15, -0.1) is 0 Å². The van der Waals surface area contributed by atoms with E-state index in [4.69, 9.17) is 14.2 Å². The van der Waals surface area contributed by atoms with Crippen LogP contribution in [0, 0.1) is 0 Å². The molecule has 4 N–H and O–H groups in total. The second-order valence-electron chi connectivity index (χ2n) is 10.0. The number of alkyl carbamates (subject to hydrolysis) is 1. The highest BCUT2D eigenvalue weighted by molar-refractivity contribution is 9.10. The SMILES string of the molecule is CCCCNc1nc(NC(=O)O)nc2c(Br)nn(Cc3ccc(C4(NC(=O)OCc5ccccc5)COC4)cc3OC)c12. The maximum atomic E-state index is 12.7. The Labute approximate surface area is 256 Å². The van der Waals surface area contributed by atoms with Crippen LogP contribution in [0.5, 0.6) is 5.75 Å². The molecular weight excluding hydrogens is 622 g/mol. The van der Waals surface area contributed by atoms with Crippen molar-refractivity contribution in [3.05, 3.63) is 69.8 Å². The lowest BCUT2D eigenvalue weighted by atomic mass is 9.87. The molecule has 226 valence electrons. The summed E-state index contributed by atoms with van der Waals surface area (Å²) in [6, 6.07) is 15.2. The number of rotatable bonds is 12. The van der Waals surface area contributed by atoms with E-state index in [0.717, 1.165) is 29.5 Å². The number of hydrogen-bond donors (Lipinski definition) is 4. The Morgan fingerprint density at radius 2 is 1.95 bits per heavy atom. The van der Waals surface area contributed by atoms with Gasteiger partial charge in [-0.05, 0) is 39.5 Å². The van der Waals surface area contributed by atoms with Crippen molar-refractivity contribution in [1.29, 1.82) is 0 Å². The fourth-order valence-electron chi connectivity index (χ4n) is 4.73. The topological polar surface area (TPSA) is 162 Å². The van der Waals surface area contributed by atoms with Crippen LogP contribution in [0.2, 0.25) is 0 Å². The lowest BCUT2D eigenvalue weighted by molar-refractivity contribution is -0.0763. The zero-order valence-corrected chi connectivity index (χ0v) is 25.3. The first-order valence-corrected chi connectivity index (χ1v) is 14.5. The van der Waals surface area contributed by atoms with Gasteiger partial charge in [-0.1, -0.05) is 55.8 Å². The van der Waals surface area contributed by atoms with Crippen molar-refractivity contribution >= 4 is 50.9 Å². The minimum absolute atomic E-state index is 0.0519. The summed E-state index contributed by atoms with van der Waals surface area (Å²) >= 11 is 3.47. The van der Waals surface area contributed by atoms with Crippen LogP contribution in [-0.4, -0.2) is 63.9 Å². The normalized spacial score (nSPS) is 13.7. The summed E-state index contributed by atoms with van der Waals surface area (Å²) in [6.45, 7) is 3.77. The molecule has 0 bridgehead atoms. The lowest BCUT2D eigenvalue weighted by Crippen LogP contribution is -2.59. The highest BCUT2D eigenvalue weighted by Gasteiger charge is 2.43. The van der Waals surface area contributed by atoms with Crippen LogP contribution in [0.15, 0.2) is 53.1 Å². The van der Waals surface area contributed by atoms with Crippen LogP contribution in [0.3, 0.4) is 0 Å². The highest BCUT2D eigenvalue weighted by atomic mass is 79.9. The molecule has 43 heavy (non-hydrogen) atoms. The van der Waals surface area contributed by atoms with E-state index >= 15 is 0 Å². The molecule has 2 amide bonds. The first kappa shape index (κ1) is 30.0. The number of hydrogen-bond acceptors (Lipinski definition) is 9. The number of ether oxygens (including phenoxy) is 3. The van der Waals surface area contributed by atoms with Crippen molar-refractivity contribution < 1.29 is 28.9 Å². The number of halogens is 1. The van der Waals surface area contributed by atoms with E-state index in [2.05, 4.69) is 53.9 Å². The number of carbonyl (C=O) groups excluding carboxylic acids is 1. The van der Waals surface area contributed by atoms with Gasteiger partial charge in [-0.2, -0.15) is 10.1 Å². The van der Waals surface area contributed by atoms with Crippen LogP contribution in [0.1, 0.15) is 36.5 Å². The summed E-state index contributed by atoms with van der Waals surface area (Å²) in [6.07, 6.45) is 0.0701. The Bertz CT molecular complexity index is 1610. The largest absolute Gasteiger partial charge is 0.496 e. The van der Waals surface area contributed by atoms with Crippen LogP contribution in [-0.2, 0) is 28.2 Å². The number of methoxy groups -OCH3 is 1. The van der Waals surface area contributed by atoms with Gasteiger partial charge >= 0.3 is 12.2 Å². The quantitative estimate of drug-likeness (QED) is 0.151. The second kappa shape index (κ2) is 13.3. The molecule has 2 aromatic heterocycles. The molecule has 0 radical (unpaired) electrons. The summed E-state index contributed by atoms with van der Waals surface area (Å²) in [4.78, 5) is 32.7. The number of anilines is 2. The first-order chi connectivity index (χ1) is 20.8. The van der Waals surface area contributed by atoms with Crippen molar-refractivity contribution in [2.75, 3.05) is 37.5 Å². The number of amides is 2. The molecule has 0 spiro atoms. The molecule has 1 fully saturated rings. The van der Waals surface area contributed by atoms with Gasteiger partial charge in [0.15, 0.2) is 10.4 Å². The van der Waals surface area contributed by atoms with Crippen molar-refractivity contribution in [1.82, 2.24) is 25.1 Å². The molecule has 5 rings (SSSR count). The molecule has 3 heterocycles. The smallest absolute Gasteiger partial charge is 0.411 e. The third-order valence-electron chi connectivity index (χ3n) is 7.00. The number of nitrogens with one attached hydrogen (secondary N) is 3. The number of nitrogens with zero attached hydrogens (tertiary/aromatic N) is 4. The van der Waals surface area contributed by atoms with Crippen molar-refractivity contribution in [2.45, 2.75) is 38.5 Å². The predicted octanol–water partition coefficient (Wildman–Crippen LogP) is 5.10. The molecule has 0 atom stereocenters. The molecule has 0 unspecified atom stereocenters. The van der Waals surface area contributed by atoms with Crippen molar-refractivity contribution in [2.24, 2.45) is 0 Å². The number of benzene rings is 2. The molecule has 4 aromatic rings. The molecule has 1 aliphatic rings. The number of carbonyl (C=O) groups is 2. The van der Waals surface area contributed by atoms with Gasteiger partial charge in [0.2, 0.25) is 5.95 Å². The van der Waals surface area contributed by atoms with Crippen molar-refractivity contribution in [3.63, 3.8) is 0 Å². The fourth-order valence-corrected chi connectivity index (χ4v) is 5.19. The van der Waals surface area contributed by atoms with Crippen LogP contribution >= 0.6 is 15.9 Å². The van der Waals surface area contributed by atoms with Gasteiger partial charge < -0.3 is 30.0 Å². The third kappa shape index (κ3) is 6.81. The van der Waals surface area contributed by atoms with Gasteiger partial charge in [0.05, 0.1) is 26.9 Å².